The van der Waals surface area contributed by atoms with E-state index in [0.717, 1.165) is 40.6 Å². The number of H-pyrrole nitrogens is 1. The SMILES string of the molecule is Cc1[nH]c2ccccc2c1NC(=O)c1ccc(NCC2CC2)nc1. The van der Waals surface area contributed by atoms with Crippen LogP contribution in [0.4, 0.5) is 11.5 Å². The van der Waals surface area contributed by atoms with Crippen molar-refractivity contribution in [3.8, 4) is 0 Å². The van der Waals surface area contributed by atoms with E-state index < -0.39 is 0 Å². The molecule has 0 bridgehead atoms. The Hall–Kier alpha value is -2.82. The highest BCUT2D eigenvalue weighted by Crippen LogP contribution is 2.29. The van der Waals surface area contributed by atoms with E-state index in [0.29, 0.717) is 5.56 Å². The lowest BCUT2D eigenvalue weighted by Gasteiger charge is -2.07. The smallest absolute Gasteiger partial charge is 0.257 e. The normalized spacial score (nSPS) is 13.9. The summed E-state index contributed by atoms with van der Waals surface area (Å²) in [5.41, 5.74) is 3.34. The number of aryl methyl sites for hydroxylation is 1. The maximum Gasteiger partial charge on any atom is 0.257 e. The molecule has 0 unspecified atom stereocenters. The quantitative estimate of drug-likeness (QED) is 0.667. The molecule has 2 aromatic heterocycles. The Bertz CT molecular complexity index is 878. The molecular weight excluding hydrogens is 300 g/mol. The van der Waals surface area contributed by atoms with E-state index in [4.69, 9.17) is 0 Å². The summed E-state index contributed by atoms with van der Waals surface area (Å²) in [6, 6.07) is 11.6. The number of rotatable bonds is 5. The summed E-state index contributed by atoms with van der Waals surface area (Å²) >= 11 is 0. The number of anilines is 2. The van der Waals surface area contributed by atoms with Crippen LogP contribution in [0.15, 0.2) is 42.6 Å². The molecule has 3 aromatic rings. The first kappa shape index (κ1) is 14.8. The van der Waals surface area contributed by atoms with Crippen molar-refractivity contribution in [2.45, 2.75) is 19.8 Å². The molecule has 3 N–H and O–H groups in total. The van der Waals surface area contributed by atoms with Gasteiger partial charge in [-0.3, -0.25) is 4.79 Å². The van der Waals surface area contributed by atoms with Crippen LogP contribution in [-0.4, -0.2) is 22.4 Å². The summed E-state index contributed by atoms with van der Waals surface area (Å²) in [7, 11) is 0. The first-order chi connectivity index (χ1) is 11.7. The lowest BCUT2D eigenvalue weighted by molar-refractivity contribution is 0.102. The number of para-hydroxylation sites is 1. The van der Waals surface area contributed by atoms with Crippen molar-refractivity contribution in [1.29, 1.82) is 0 Å². The zero-order valence-corrected chi connectivity index (χ0v) is 13.6. The number of benzene rings is 1. The van der Waals surface area contributed by atoms with Gasteiger partial charge in [0.25, 0.3) is 5.91 Å². The summed E-state index contributed by atoms with van der Waals surface area (Å²) in [4.78, 5) is 20.1. The number of amides is 1. The topological polar surface area (TPSA) is 69.8 Å². The first-order valence-corrected chi connectivity index (χ1v) is 8.29. The van der Waals surface area contributed by atoms with Gasteiger partial charge in [-0.25, -0.2) is 4.98 Å². The van der Waals surface area contributed by atoms with Gasteiger partial charge in [-0.2, -0.15) is 0 Å². The van der Waals surface area contributed by atoms with E-state index in [1.165, 1.54) is 12.8 Å². The van der Waals surface area contributed by atoms with Crippen LogP contribution in [0.25, 0.3) is 10.9 Å². The third-order valence-corrected chi connectivity index (χ3v) is 4.43. The second-order valence-corrected chi connectivity index (χ2v) is 6.38. The van der Waals surface area contributed by atoms with Crippen LogP contribution in [-0.2, 0) is 0 Å². The number of nitrogens with zero attached hydrogens (tertiary/aromatic N) is 1. The largest absolute Gasteiger partial charge is 0.370 e. The van der Waals surface area contributed by atoms with Crippen LogP contribution in [0.3, 0.4) is 0 Å². The van der Waals surface area contributed by atoms with Crippen molar-refractivity contribution in [2.75, 3.05) is 17.2 Å². The highest BCUT2D eigenvalue weighted by molar-refractivity contribution is 6.09. The van der Waals surface area contributed by atoms with E-state index in [1.807, 2.05) is 43.3 Å². The van der Waals surface area contributed by atoms with Crippen LogP contribution in [0.1, 0.15) is 28.9 Å². The third kappa shape index (κ3) is 2.97. The van der Waals surface area contributed by atoms with Crippen molar-refractivity contribution < 1.29 is 4.79 Å². The maximum absolute atomic E-state index is 12.5. The molecule has 1 saturated carbocycles. The molecule has 0 aliphatic heterocycles. The molecular formula is C19H20N4O. The Balaban J connectivity index is 1.49. The van der Waals surface area contributed by atoms with Gasteiger partial charge in [0, 0.05) is 29.3 Å². The summed E-state index contributed by atoms with van der Waals surface area (Å²) in [5.74, 6) is 1.46. The fourth-order valence-electron chi connectivity index (χ4n) is 2.83. The predicted molar refractivity (Wildman–Crippen MR) is 96.4 cm³/mol. The minimum Gasteiger partial charge on any atom is -0.370 e. The van der Waals surface area contributed by atoms with Gasteiger partial charge in [0.05, 0.1) is 11.3 Å². The molecule has 122 valence electrons. The van der Waals surface area contributed by atoms with E-state index in [9.17, 15) is 4.79 Å². The molecule has 1 fully saturated rings. The van der Waals surface area contributed by atoms with E-state index in [1.54, 1.807) is 6.20 Å². The Labute approximate surface area is 140 Å². The lowest BCUT2D eigenvalue weighted by atomic mass is 10.2. The van der Waals surface area contributed by atoms with Gasteiger partial charge in [0.1, 0.15) is 5.82 Å². The molecule has 4 rings (SSSR count). The number of aromatic amines is 1. The van der Waals surface area contributed by atoms with Gasteiger partial charge in [-0.05, 0) is 43.9 Å². The molecule has 1 aliphatic carbocycles. The lowest BCUT2D eigenvalue weighted by Crippen LogP contribution is -2.13. The fraction of sp³-hybridized carbons (Fsp3) is 0.263. The number of hydrogen-bond donors (Lipinski definition) is 3. The molecule has 1 aliphatic rings. The molecule has 0 atom stereocenters. The minimum absolute atomic E-state index is 0.149. The van der Waals surface area contributed by atoms with Crippen molar-refractivity contribution >= 4 is 28.3 Å². The second kappa shape index (κ2) is 6.00. The molecule has 24 heavy (non-hydrogen) atoms. The number of aromatic nitrogens is 2. The van der Waals surface area contributed by atoms with Crippen molar-refractivity contribution in [1.82, 2.24) is 9.97 Å². The molecule has 2 heterocycles. The van der Waals surface area contributed by atoms with E-state index in [-0.39, 0.29) is 5.91 Å². The van der Waals surface area contributed by atoms with Crippen LogP contribution < -0.4 is 10.6 Å². The number of carbonyl (C=O) groups is 1. The van der Waals surface area contributed by atoms with Gasteiger partial charge >= 0.3 is 0 Å². The van der Waals surface area contributed by atoms with Crippen molar-refractivity contribution in [3.05, 3.63) is 53.9 Å². The number of fused-ring (bicyclic) bond motifs is 1. The number of hydrogen-bond acceptors (Lipinski definition) is 3. The van der Waals surface area contributed by atoms with Gasteiger partial charge in [-0.1, -0.05) is 18.2 Å². The van der Waals surface area contributed by atoms with Crippen LogP contribution in [0.2, 0.25) is 0 Å². The minimum atomic E-state index is -0.149. The summed E-state index contributed by atoms with van der Waals surface area (Å²) < 4.78 is 0. The highest BCUT2D eigenvalue weighted by atomic mass is 16.1. The molecule has 5 heteroatoms. The van der Waals surface area contributed by atoms with Crippen LogP contribution >= 0.6 is 0 Å². The Morgan fingerprint density at radius 2 is 2.08 bits per heavy atom. The Kier molecular flexibility index (Phi) is 3.69. The monoisotopic (exact) mass is 320 g/mol. The van der Waals surface area contributed by atoms with Crippen molar-refractivity contribution in [3.63, 3.8) is 0 Å². The van der Waals surface area contributed by atoms with Gasteiger partial charge < -0.3 is 15.6 Å². The van der Waals surface area contributed by atoms with Gasteiger partial charge in [0.15, 0.2) is 0 Å². The average molecular weight is 320 g/mol. The number of carbonyl (C=O) groups excluding carboxylic acids is 1. The highest BCUT2D eigenvalue weighted by Gasteiger charge is 2.20. The third-order valence-electron chi connectivity index (χ3n) is 4.43. The molecule has 1 amide bonds. The zero-order valence-electron chi connectivity index (χ0n) is 13.6. The molecule has 0 radical (unpaired) electrons. The van der Waals surface area contributed by atoms with Crippen LogP contribution in [0.5, 0.6) is 0 Å². The zero-order chi connectivity index (χ0) is 16.5. The first-order valence-electron chi connectivity index (χ1n) is 8.29. The molecule has 1 aromatic carbocycles. The summed E-state index contributed by atoms with van der Waals surface area (Å²) in [6.07, 6.45) is 4.23. The molecule has 0 saturated heterocycles. The van der Waals surface area contributed by atoms with Gasteiger partial charge in [-0.15, -0.1) is 0 Å². The van der Waals surface area contributed by atoms with Crippen molar-refractivity contribution in [2.24, 2.45) is 5.92 Å². The number of pyridine rings is 1. The maximum atomic E-state index is 12.5. The second-order valence-electron chi connectivity index (χ2n) is 6.38. The Morgan fingerprint density at radius 1 is 1.25 bits per heavy atom. The Morgan fingerprint density at radius 3 is 2.83 bits per heavy atom. The van der Waals surface area contributed by atoms with E-state index in [2.05, 4.69) is 20.6 Å². The summed E-state index contributed by atoms with van der Waals surface area (Å²) in [5, 5.41) is 7.32. The van der Waals surface area contributed by atoms with E-state index >= 15 is 0 Å². The molecule has 5 nitrogen and oxygen atoms in total. The summed E-state index contributed by atoms with van der Waals surface area (Å²) in [6.45, 7) is 2.92. The molecule has 0 spiro atoms. The average Bonchev–Trinajstić information content (AvgIpc) is 3.38. The fourth-order valence-corrected chi connectivity index (χ4v) is 2.83. The van der Waals surface area contributed by atoms with Gasteiger partial charge in [0.2, 0.25) is 0 Å². The van der Waals surface area contributed by atoms with Crippen LogP contribution in [0, 0.1) is 12.8 Å². The predicted octanol–water partition coefficient (Wildman–Crippen LogP) is 3.95. The standard InChI is InChI=1S/C19H20N4O/c1-12-18(15-4-2-3-5-16(15)22-12)23-19(24)14-8-9-17(21-11-14)20-10-13-6-7-13/h2-5,8-9,11,13,22H,6-7,10H2,1H3,(H,20,21)(H,23,24). The number of nitrogens with one attached hydrogen (secondary N) is 3.